The molecule has 0 aliphatic rings. The van der Waals surface area contributed by atoms with Gasteiger partial charge in [0.15, 0.2) is 0 Å². The molecule has 0 atom stereocenters. The molecular weight excluding hydrogens is 308 g/mol. The first-order valence-corrected chi connectivity index (χ1v) is 6.54. The topological polar surface area (TPSA) is 62.2 Å². The van der Waals surface area contributed by atoms with Crippen LogP contribution in [0.2, 0.25) is 0 Å². The molecule has 2 rings (SSSR count). The van der Waals surface area contributed by atoms with E-state index in [0.29, 0.717) is 16.6 Å². The van der Waals surface area contributed by atoms with E-state index >= 15 is 0 Å². The third-order valence-electron chi connectivity index (χ3n) is 2.63. The van der Waals surface area contributed by atoms with Gasteiger partial charge in [-0.05, 0) is 52.7 Å². The molecule has 1 aromatic carbocycles. The van der Waals surface area contributed by atoms with Crippen LogP contribution in [0.5, 0.6) is 5.75 Å². The number of aromatic hydroxyl groups is 1. The summed E-state index contributed by atoms with van der Waals surface area (Å²) in [6.07, 6.45) is 1.73. The number of amides is 1. The fourth-order valence-corrected chi connectivity index (χ4v) is 1.79. The Morgan fingerprint density at radius 3 is 2.79 bits per heavy atom. The van der Waals surface area contributed by atoms with Crippen molar-refractivity contribution in [2.45, 2.75) is 13.5 Å². The van der Waals surface area contributed by atoms with Gasteiger partial charge >= 0.3 is 0 Å². The second-order valence-corrected chi connectivity index (χ2v) is 5.01. The number of halogens is 1. The molecule has 0 unspecified atom stereocenters. The molecule has 2 N–H and O–H groups in total. The highest BCUT2D eigenvalue weighted by molar-refractivity contribution is 9.10. The molecule has 1 amide bonds. The molecule has 0 fully saturated rings. The number of carbonyl (C=O) groups excluding carboxylic acids is 1. The summed E-state index contributed by atoms with van der Waals surface area (Å²) in [7, 11) is 0. The van der Waals surface area contributed by atoms with E-state index in [1.54, 1.807) is 18.3 Å². The number of rotatable bonds is 3. The molecule has 4 nitrogen and oxygen atoms in total. The van der Waals surface area contributed by atoms with E-state index in [4.69, 9.17) is 0 Å². The standard InChI is InChI=1S/C14H13BrN2O2/c1-9-2-3-10(7-16-9)8-17-14(19)11-4-5-12(15)13(18)6-11/h2-7,18H,8H2,1H3,(H,17,19). The molecule has 5 heteroatoms. The fourth-order valence-electron chi connectivity index (χ4n) is 1.54. The number of carbonyl (C=O) groups is 1. The Morgan fingerprint density at radius 2 is 2.16 bits per heavy atom. The average molecular weight is 321 g/mol. The van der Waals surface area contributed by atoms with Gasteiger partial charge in [-0.15, -0.1) is 0 Å². The number of aryl methyl sites for hydroxylation is 1. The molecular formula is C14H13BrN2O2. The highest BCUT2D eigenvalue weighted by Gasteiger charge is 2.07. The molecule has 2 aromatic rings. The van der Waals surface area contributed by atoms with Crippen molar-refractivity contribution < 1.29 is 9.90 Å². The maximum atomic E-state index is 11.9. The average Bonchev–Trinajstić information content (AvgIpc) is 2.41. The fraction of sp³-hybridized carbons (Fsp3) is 0.143. The van der Waals surface area contributed by atoms with Crippen LogP contribution < -0.4 is 5.32 Å². The van der Waals surface area contributed by atoms with Crippen molar-refractivity contribution in [2.75, 3.05) is 0 Å². The predicted molar refractivity (Wildman–Crippen MR) is 76.0 cm³/mol. The summed E-state index contributed by atoms with van der Waals surface area (Å²) in [4.78, 5) is 16.0. The van der Waals surface area contributed by atoms with Crippen LogP contribution in [-0.2, 0) is 6.54 Å². The van der Waals surface area contributed by atoms with Crippen LogP contribution in [-0.4, -0.2) is 16.0 Å². The summed E-state index contributed by atoms with van der Waals surface area (Å²) in [6, 6.07) is 8.52. The van der Waals surface area contributed by atoms with E-state index < -0.39 is 0 Å². The van der Waals surface area contributed by atoms with Gasteiger partial charge in [0, 0.05) is 24.0 Å². The minimum atomic E-state index is -0.233. The maximum Gasteiger partial charge on any atom is 0.251 e. The molecule has 0 aliphatic heterocycles. The number of phenols is 1. The largest absolute Gasteiger partial charge is 0.507 e. The Hall–Kier alpha value is -1.88. The van der Waals surface area contributed by atoms with Gasteiger partial charge < -0.3 is 10.4 Å². The van der Waals surface area contributed by atoms with Crippen LogP contribution >= 0.6 is 15.9 Å². The lowest BCUT2D eigenvalue weighted by Gasteiger charge is -2.06. The second kappa shape index (κ2) is 5.84. The molecule has 98 valence electrons. The minimum absolute atomic E-state index is 0.0460. The second-order valence-electron chi connectivity index (χ2n) is 4.16. The Labute approximate surface area is 119 Å². The zero-order valence-electron chi connectivity index (χ0n) is 10.4. The number of nitrogens with one attached hydrogen (secondary N) is 1. The van der Waals surface area contributed by atoms with E-state index in [1.165, 1.54) is 6.07 Å². The number of hydrogen-bond donors (Lipinski definition) is 2. The Balaban J connectivity index is 2.01. The highest BCUT2D eigenvalue weighted by Crippen LogP contribution is 2.24. The van der Waals surface area contributed by atoms with Crippen molar-refractivity contribution in [2.24, 2.45) is 0 Å². The summed E-state index contributed by atoms with van der Waals surface area (Å²) >= 11 is 3.17. The monoisotopic (exact) mass is 320 g/mol. The maximum absolute atomic E-state index is 11.9. The van der Waals surface area contributed by atoms with Crippen LogP contribution in [0.3, 0.4) is 0 Å². The quantitative estimate of drug-likeness (QED) is 0.914. The van der Waals surface area contributed by atoms with E-state index in [2.05, 4.69) is 26.2 Å². The number of phenolic OH excluding ortho intramolecular Hbond substituents is 1. The lowest BCUT2D eigenvalue weighted by molar-refractivity contribution is 0.0950. The van der Waals surface area contributed by atoms with E-state index in [1.807, 2.05) is 19.1 Å². The molecule has 0 spiro atoms. The third kappa shape index (κ3) is 3.54. The Morgan fingerprint density at radius 1 is 1.37 bits per heavy atom. The van der Waals surface area contributed by atoms with Crippen molar-refractivity contribution in [1.29, 1.82) is 0 Å². The summed E-state index contributed by atoms with van der Waals surface area (Å²) in [6.45, 7) is 2.32. The third-order valence-corrected chi connectivity index (χ3v) is 3.30. The number of nitrogens with zero attached hydrogens (tertiary/aromatic N) is 1. The Kier molecular flexibility index (Phi) is 4.16. The molecule has 0 saturated carbocycles. The number of benzene rings is 1. The zero-order valence-corrected chi connectivity index (χ0v) is 11.9. The van der Waals surface area contributed by atoms with Crippen molar-refractivity contribution in [3.63, 3.8) is 0 Å². The summed E-state index contributed by atoms with van der Waals surface area (Å²) in [5, 5.41) is 12.3. The Bertz CT molecular complexity index is 597. The van der Waals surface area contributed by atoms with Gasteiger partial charge in [0.25, 0.3) is 5.91 Å². The summed E-state index contributed by atoms with van der Waals surface area (Å²) in [5.41, 5.74) is 2.29. The van der Waals surface area contributed by atoms with Crippen molar-refractivity contribution in [3.8, 4) is 5.75 Å². The smallest absolute Gasteiger partial charge is 0.251 e. The first-order valence-electron chi connectivity index (χ1n) is 5.74. The lowest BCUT2D eigenvalue weighted by Crippen LogP contribution is -2.22. The van der Waals surface area contributed by atoms with Gasteiger partial charge in [0.05, 0.1) is 4.47 Å². The molecule has 1 heterocycles. The van der Waals surface area contributed by atoms with Gasteiger partial charge in [-0.25, -0.2) is 0 Å². The number of aromatic nitrogens is 1. The zero-order chi connectivity index (χ0) is 13.8. The van der Waals surface area contributed by atoms with E-state index in [-0.39, 0.29) is 11.7 Å². The van der Waals surface area contributed by atoms with Crippen LogP contribution in [0, 0.1) is 6.92 Å². The lowest BCUT2D eigenvalue weighted by atomic mass is 10.2. The van der Waals surface area contributed by atoms with Crippen molar-refractivity contribution in [3.05, 3.63) is 57.8 Å². The molecule has 0 aliphatic carbocycles. The van der Waals surface area contributed by atoms with Gasteiger partial charge in [-0.1, -0.05) is 6.07 Å². The molecule has 1 aromatic heterocycles. The van der Waals surface area contributed by atoms with E-state index in [9.17, 15) is 9.90 Å². The summed E-state index contributed by atoms with van der Waals surface area (Å²) < 4.78 is 0.562. The van der Waals surface area contributed by atoms with Crippen LogP contribution in [0.25, 0.3) is 0 Å². The number of pyridine rings is 1. The highest BCUT2D eigenvalue weighted by atomic mass is 79.9. The van der Waals surface area contributed by atoms with Gasteiger partial charge in [-0.2, -0.15) is 0 Å². The van der Waals surface area contributed by atoms with Crippen LogP contribution in [0.4, 0.5) is 0 Å². The van der Waals surface area contributed by atoms with Gasteiger partial charge in [0.2, 0.25) is 0 Å². The minimum Gasteiger partial charge on any atom is -0.507 e. The van der Waals surface area contributed by atoms with Crippen LogP contribution in [0.1, 0.15) is 21.6 Å². The normalized spacial score (nSPS) is 10.2. The van der Waals surface area contributed by atoms with Crippen molar-refractivity contribution >= 4 is 21.8 Å². The first-order chi connectivity index (χ1) is 9.06. The first kappa shape index (κ1) is 13.5. The molecule has 19 heavy (non-hydrogen) atoms. The van der Waals surface area contributed by atoms with Gasteiger partial charge in [0.1, 0.15) is 5.75 Å². The van der Waals surface area contributed by atoms with Crippen molar-refractivity contribution in [1.82, 2.24) is 10.3 Å². The van der Waals surface area contributed by atoms with Crippen LogP contribution in [0.15, 0.2) is 41.0 Å². The molecule has 0 saturated heterocycles. The SMILES string of the molecule is Cc1ccc(CNC(=O)c2ccc(Br)c(O)c2)cn1. The van der Waals surface area contributed by atoms with E-state index in [0.717, 1.165) is 11.3 Å². The predicted octanol–water partition coefficient (Wildman–Crippen LogP) is 2.79. The molecule has 0 radical (unpaired) electrons. The molecule has 0 bridgehead atoms. The number of hydrogen-bond acceptors (Lipinski definition) is 3. The summed E-state index contributed by atoms with van der Waals surface area (Å²) in [5.74, 6) is -0.187. The van der Waals surface area contributed by atoms with Gasteiger partial charge in [-0.3, -0.25) is 9.78 Å².